The van der Waals surface area contributed by atoms with Gasteiger partial charge in [0.25, 0.3) is 0 Å². The van der Waals surface area contributed by atoms with Crippen LogP contribution in [0.5, 0.6) is 0 Å². The number of allylic oxidation sites excluding steroid dienone is 8. The van der Waals surface area contributed by atoms with Crippen LogP contribution in [0.25, 0.3) is 0 Å². The number of unbranched alkanes of at least 4 members (excludes halogenated alkanes) is 15. The van der Waals surface area contributed by atoms with Gasteiger partial charge in [-0.3, -0.25) is 9.59 Å². The maximum absolute atomic E-state index is 12.1. The highest BCUT2D eigenvalue weighted by molar-refractivity contribution is 5.70. The van der Waals surface area contributed by atoms with Gasteiger partial charge in [-0.2, -0.15) is 0 Å². The van der Waals surface area contributed by atoms with Crippen molar-refractivity contribution in [2.75, 3.05) is 13.2 Å². The standard InChI is InChI=1S/C38H66O5/c1-3-5-7-9-11-13-15-17-19-21-23-25-27-29-31-33-38(41)43-36(34-39)35-42-37(40)32-30-28-26-24-22-20-18-16-14-12-10-8-6-4-2/h5,7,11,13,16-19,36,39H,3-4,6,8-10,12,14-15,20-35H2,1-2H3/b7-5+,13-11+,18-16+,19-17+/t36-/m0/s1. The molecule has 0 aromatic heterocycles. The molecule has 0 radical (unpaired) electrons. The molecule has 5 heteroatoms. The summed E-state index contributed by atoms with van der Waals surface area (Å²) >= 11 is 0. The Hall–Kier alpha value is -2.14. The Bertz CT molecular complexity index is 737. The van der Waals surface area contributed by atoms with E-state index in [0.717, 1.165) is 77.0 Å². The molecule has 43 heavy (non-hydrogen) atoms. The second-order valence-corrected chi connectivity index (χ2v) is 11.6. The third-order valence-corrected chi connectivity index (χ3v) is 7.36. The first-order valence-corrected chi connectivity index (χ1v) is 17.7. The number of rotatable bonds is 31. The fourth-order valence-electron chi connectivity index (χ4n) is 4.68. The van der Waals surface area contributed by atoms with E-state index in [-0.39, 0.29) is 25.2 Å². The zero-order chi connectivity index (χ0) is 31.5. The number of carbonyl (C=O) groups is 2. The Morgan fingerprint density at radius 1 is 0.558 bits per heavy atom. The van der Waals surface area contributed by atoms with Crippen molar-refractivity contribution >= 4 is 11.9 Å². The van der Waals surface area contributed by atoms with E-state index in [0.29, 0.717) is 12.8 Å². The van der Waals surface area contributed by atoms with Gasteiger partial charge < -0.3 is 14.6 Å². The first-order valence-electron chi connectivity index (χ1n) is 17.7. The predicted molar refractivity (Wildman–Crippen MR) is 182 cm³/mol. The molecular weight excluding hydrogens is 536 g/mol. The van der Waals surface area contributed by atoms with E-state index in [1.807, 2.05) is 0 Å². The van der Waals surface area contributed by atoms with Crippen LogP contribution in [-0.4, -0.2) is 36.4 Å². The van der Waals surface area contributed by atoms with Crippen molar-refractivity contribution in [3.8, 4) is 0 Å². The maximum atomic E-state index is 12.1. The fourth-order valence-corrected chi connectivity index (χ4v) is 4.68. The minimum absolute atomic E-state index is 0.0781. The van der Waals surface area contributed by atoms with Crippen molar-refractivity contribution in [2.24, 2.45) is 0 Å². The van der Waals surface area contributed by atoms with Gasteiger partial charge in [-0.25, -0.2) is 0 Å². The summed E-state index contributed by atoms with van der Waals surface area (Å²) in [5, 5.41) is 9.51. The first-order chi connectivity index (χ1) is 21.1. The van der Waals surface area contributed by atoms with Gasteiger partial charge in [0.05, 0.1) is 6.61 Å². The van der Waals surface area contributed by atoms with Gasteiger partial charge in [-0.05, 0) is 70.6 Å². The fraction of sp³-hybridized carbons (Fsp3) is 0.737. The molecule has 0 spiro atoms. The molecule has 0 aliphatic heterocycles. The summed E-state index contributed by atoms with van der Waals surface area (Å²) in [4.78, 5) is 24.1. The average molecular weight is 603 g/mol. The molecule has 0 aliphatic rings. The molecule has 248 valence electrons. The van der Waals surface area contributed by atoms with Crippen LogP contribution in [0.15, 0.2) is 48.6 Å². The van der Waals surface area contributed by atoms with Crippen LogP contribution in [0.3, 0.4) is 0 Å². The lowest BCUT2D eigenvalue weighted by molar-refractivity contribution is -0.161. The molecule has 0 rings (SSSR count). The average Bonchev–Trinajstić information content (AvgIpc) is 3.01. The number of hydrogen-bond acceptors (Lipinski definition) is 5. The molecule has 0 saturated heterocycles. The molecule has 1 N–H and O–H groups in total. The second-order valence-electron chi connectivity index (χ2n) is 11.6. The van der Waals surface area contributed by atoms with Gasteiger partial charge in [-0.15, -0.1) is 0 Å². The van der Waals surface area contributed by atoms with Crippen molar-refractivity contribution in [2.45, 2.75) is 168 Å². The third-order valence-electron chi connectivity index (χ3n) is 7.36. The van der Waals surface area contributed by atoms with Crippen LogP contribution in [0.2, 0.25) is 0 Å². The van der Waals surface area contributed by atoms with Gasteiger partial charge >= 0.3 is 11.9 Å². The van der Waals surface area contributed by atoms with Crippen molar-refractivity contribution in [3.05, 3.63) is 48.6 Å². The van der Waals surface area contributed by atoms with Crippen molar-refractivity contribution in [1.29, 1.82) is 0 Å². The highest BCUT2D eigenvalue weighted by Gasteiger charge is 2.16. The van der Waals surface area contributed by atoms with E-state index in [9.17, 15) is 14.7 Å². The Balaban J connectivity index is 3.63. The molecule has 1 atom stereocenters. The Morgan fingerprint density at radius 3 is 1.53 bits per heavy atom. The molecule has 0 unspecified atom stereocenters. The van der Waals surface area contributed by atoms with Gasteiger partial charge in [0.15, 0.2) is 6.10 Å². The quantitative estimate of drug-likeness (QED) is 0.0485. The highest BCUT2D eigenvalue weighted by Crippen LogP contribution is 2.11. The summed E-state index contributed by atoms with van der Waals surface area (Å²) in [6, 6.07) is 0. The number of hydrogen-bond donors (Lipinski definition) is 1. The first kappa shape index (κ1) is 40.9. The minimum Gasteiger partial charge on any atom is -0.462 e. The van der Waals surface area contributed by atoms with Crippen molar-refractivity contribution in [1.82, 2.24) is 0 Å². The normalized spacial score (nSPS) is 12.7. The topological polar surface area (TPSA) is 72.8 Å². The number of aliphatic hydroxyl groups excluding tert-OH is 1. The predicted octanol–water partition coefficient (Wildman–Crippen LogP) is 10.7. The summed E-state index contributed by atoms with van der Waals surface area (Å²) in [6.45, 7) is 3.98. The molecule has 0 aromatic carbocycles. The number of ether oxygens (including phenoxy) is 2. The Morgan fingerprint density at radius 2 is 1.00 bits per heavy atom. The largest absolute Gasteiger partial charge is 0.462 e. The van der Waals surface area contributed by atoms with Crippen molar-refractivity contribution in [3.63, 3.8) is 0 Å². The van der Waals surface area contributed by atoms with Gasteiger partial charge in [-0.1, -0.05) is 127 Å². The van der Waals surface area contributed by atoms with Crippen LogP contribution in [0.4, 0.5) is 0 Å². The zero-order valence-electron chi connectivity index (χ0n) is 28.0. The number of aliphatic hydroxyl groups is 1. The lowest BCUT2D eigenvalue weighted by Gasteiger charge is -2.15. The summed E-state index contributed by atoms with van der Waals surface area (Å²) in [7, 11) is 0. The summed E-state index contributed by atoms with van der Waals surface area (Å²) in [5.41, 5.74) is 0. The van der Waals surface area contributed by atoms with Crippen molar-refractivity contribution < 1.29 is 24.2 Å². The van der Waals surface area contributed by atoms with Crippen LogP contribution in [0.1, 0.15) is 162 Å². The highest BCUT2D eigenvalue weighted by atomic mass is 16.6. The lowest BCUT2D eigenvalue weighted by atomic mass is 10.1. The molecular formula is C38H66O5. The Kier molecular flexibility index (Phi) is 32.6. The van der Waals surface area contributed by atoms with E-state index in [1.54, 1.807) is 0 Å². The van der Waals surface area contributed by atoms with Gasteiger partial charge in [0.1, 0.15) is 6.61 Å². The van der Waals surface area contributed by atoms with E-state index >= 15 is 0 Å². The smallest absolute Gasteiger partial charge is 0.306 e. The molecule has 0 fully saturated rings. The second kappa shape index (κ2) is 34.4. The summed E-state index contributed by atoms with van der Waals surface area (Å²) in [5.74, 6) is -0.624. The maximum Gasteiger partial charge on any atom is 0.306 e. The number of esters is 2. The van der Waals surface area contributed by atoms with E-state index in [4.69, 9.17) is 9.47 Å². The monoisotopic (exact) mass is 602 g/mol. The van der Waals surface area contributed by atoms with Crippen LogP contribution in [0, 0.1) is 0 Å². The van der Waals surface area contributed by atoms with Gasteiger partial charge in [0, 0.05) is 12.8 Å². The minimum atomic E-state index is -0.782. The van der Waals surface area contributed by atoms with Crippen LogP contribution < -0.4 is 0 Å². The Labute approximate surface area is 265 Å². The van der Waals surface area contributed by atoms with Crippen LogP contribution >= 0.6 is 0 Å². The summed E-state index contributed by atoms with van der Waals surface area (Å²) in [6.07, 6.45) is 41.6. The molecule has 0 bridgehead atoms. The summed E-state index contributed by atoms with van der Waals surface area (Å²) < 4.78 is 10.5. The zero-order valence-corrected chi connectivity index (χ0v) is 28.0. The number of carbonyl (C=O) groups excluding carboxylic acids is 2. The van der Waals surface area contributed by atoms with Crippen LogP contribution in [-0.2, 0) is 19.1 Å². The van der Waals surface area contributed by atoms with Gasteiger partial charge in [0.2, 0.25) is 0 Å². The molecule has 0 aliphatic carbocycles. The van der Waals surface area contributed by atoms with E-state index in [1.165, 1.54) is 57.8 Å². The third kappa shape index (κ3) is 32.6. The molecule has 0 saturated carbocycles. The molecule has 0 amide bonds. The lowest BCUT2D eigenvalue weighted by Crippen LogP contribution is -2.28. The molecule has 0 heterocycles. The van der Waals surface area contributed by atoms with E-state index < -0.39 is 6.10 Å². The van der Waals surface area contributed by atoms with E-state index in [2.05, 4.69) is 62.5 Å². The SMILES string of the molecule is CC/C=C/C/C=C/C/C=C/CCCCCCCC(=O)O[C@@H](CO)COC(=O)CCCCCCC/C=C/CCCCCCC. The molecule has 0 aromatic rings. The molecule has 5 nitrogen and oxygen atoms in total.